The number of nitrogens with one attached hydrogen (secondary N) is 1. The van der Waals surface area contributed by atoms with Crippen molar-refractivity contribution in [2.45, 2.75) is 13.5 Å². The highest BCUT2D eigenvalue weighted by Crippen LogP contribution is 2.28. The van der Waals surface area contributed by atoms with E-state index in [0.717, 1.165) is 11.3 Å². The maximum Gasteiger partial charge on any atom is 0.264 e. The van der Waals surface area contributed by atoms with Crippen LogP contribution in [0.15, 0.2) is 42.5 Å². The van der Waals surface area contributed by atoms with Gasteiger partial charge in [-0.15, -0.1) is 0 Å². The van der Waals surface area contributed by atoms with Crippen LogP contribution in [0.1, 0.15) is 22.8 Å². The van der Waals surface area contributed by atoms with E-state index in [4.69, 9.17) is 17.0 Å². The molecule has 0 spiro atoms. The Morgan fingerprint density at radius 2 is 2.13 bits per heavy atom. The summed E-state index contributed by atoms with van der Waals surface area (Å²) >= 11 is 5.28. The highest BCUT2D eigenvalue weighted by atomic mass is 32.1. The molecule has 2 aromatic carbocycles. The molecule has 118 valence electrons. The smallest absolute Gasteiger partial charge is 0.264 e. The van der Waals surface area contributed by atoms with Crippen molar-refractivity contribution < 1.29 is 14.6 Å². The van der Waals surface area contributed by atoms with Crippen LogP contribution in [-0.2, 0) is 6.54 Å². The first-order valence-electron chi connectivity index (χ1n) is 7.26. The number of rotatable bonds is 3. The standard InChI is InChI=1S/C17H16N2O3S/c1-2-22-12-7-8-13(15(20)9-12)16(21)19-10-11-5-3-4-6-14(11)18-17(19)23/h3-9,20H,2,10H2,1H3,(H,18,23). The second-order valence-electron chi connectivity index (χ2n) is 5.09. The van der Waals surface area contributed by atoms with Crippen LogP contribution in [0.2, 0.25) is 0 Å². The number of thiocarbonyl (C=S) groups is 1. The van der Waals surface area contributed by atoms with Gasteiger partial charge in [-0.05, 0) is 42.9 Å². The fraction of sp³-hybridized carbons (Fsp3) is 0.176. The summed E-state index contributed by atoms with van der Waals surface area (Å²) < 4.78 is 5.31. The number of nitrogens with zero attached hydrogens (tertiary/aromatic N) is 1. The minimum absolute atomic E-state index is 0.123. The Morgan fingerprint density at radius 3 is 2.87 bits per heavy atom. The first-order valence-corrected chi connectivity index (χ1v) is 7.67. The summed E-state index contributed by atoms with van der Waals surface area (Å²) in [6.45, 7) is 2.71. The number of ether oxygens (including phenoxy) is 1. The second-order valence-corrected chi connectivity index (χ2v) is 5.48. The molecular formula is C17H16N2O3S. The normalized spacial score (nSPS) is 13.3. The summed E-state index contributed by atoms with van der Waals surface area (Å²) in [7, 11) is 0. The van der Waals surface area contributed by atoms with Gasteiger partial charge in [-0.2, -0.15) is 0 Å². The van der Waals surface area contributed by atoms with Gasteiger partial charge >= 0.3 is 0 Å². The molecule has 1 amide bonds. The number of para-hydroxylation sites is 1. The molecule has 0 fully saturated rings. The first-order chi connectivity index (χ1) is 11.1. The van der Waals surface area contributed by atoms with Crippen molar-refractivity contribution in [3.8, 4) is 11.5 Å². The molecule has 0 atom stereocenters. The van der Waals surface area contributed by atoms with E-state index in [1.807, 2.05) is 31.2 Å². The van der Waals surface area contributed by atoms with Gasteiger partial charge in [-0.25, -0.2) is 0 Å². The van der Waals surface area contributed by atoms with Crippen LogP contribution in [0, 0.1) is 0 Å². The van der Waals surface area contributed by atoms with Crippen LogP contribution in [0.3, 0.4) is 0 Å². The van der Waals surface area contributed by atoms with Gasteiger partial charge in [0.25, 0.3) is 5.91 Å². The molecule has 3 rings (SSSR count). The van der Waals surface area contributed by atoms with E-state index in [1.54, 1.807) is 12.1 Å². The number of amides is 1. The quantitative estimate of drug-likeness (QED) is 0.848. The monoisotopic (exact) mass is 328 g/mol. The highest BCUT2D eigenvalue weighted by molar-refractivity contribution is 7.80. The molecule has 0 radical (unpaired) electrons. The molecule has 23 heavy (non-hydrogen) atoms. The molecule has 0 aliphatic carbocycles. The number of benzene rings is 2. The molecule has 0 bridgehead atoms. The Morgan fingerprint density at radius 1 is 1.35 bits per heavy atom. The van der Waals surface area contributed by atoms with E-state index in [0.29, 0.717) is 24.0 Å². The Labute approximate surface area is 139 Å². The summed E-state index contributed by atoms with van der Waals surface area (Å²) in [5.41, 5.74) is 2.06. The summed E-state index contributed by atoms with van der Waals surface area (Å²) in [4.78, 5) is 14.1. The molecule has 2 N–H and O–H groups in total. The third-order valence-electron chi connectivity index (χ3n) is 3.59. The van der Waals surface area contributed by atoms with E-state index in [-0.39, 0.29) is 17.2 Å². The van der Waals surface area contributed by atoms with Gasteiger partial charge in [-0.3, -0.25) is 9.69 Å². The third-order valence-corrected chi connectivity index (χ3v) is 3.91. The SMILES string of the molecule is CCOc1ccc(C(=O)N2Cc3ccccc3NC2=S)c(O)c1. The van der Waals surface area contributed by atoms with Crippen molar-refractivity contribution in [2.75, 3.05) is 11.9 Å². The maximum atomic E-state index is 12.7. The van der Waals surface area contributed by atoms with Gasteiger partial charge in [0, 0.05) is 11.8 Å². The average Bonchev–Trinajstić information content (AvgIpc) is 2.54. The molecule has 1 heterocycles. The number of aromatic hydroxyl groups is 1. The fourth-order valence-corrected chi connectivity index (χ4v) is 2.72. The van der Waals surface area contributed by atoms with Crippen molar-refractivity contribution in [1.82, 2.24) is 4.90 Å². The van der Waals surface area contributed by atoms with Gasteiger partial charge in [0.2, 0.25) is 0 Å². The number of hydrogen-bond donors (Lipinski definition) is 2. The lowest BCUT2D eigenvalue weighted by molar-refractivity contribution is 0.0838. The lowest BCUT2D eigenvalue weighted by Crippen LogP contribution is -2.42. The Kier molecular flexibility index (Phi) is 4.16. The van der Waals surface area contributed by atoms with E-state index in [1.165, 1.54) is 11.0 Å². The lowest BCUT2D eigenvalue weighted by Gasteiger charge is -2.30. The molecule has 0 saturated carbocycles. The highest BCUT2D eigenvalue weighted by Gasteiger charge is 2.27. The molecule has 0 aromatic heterocycles. The van der Waals surface area contributed by atoms with E-state index in [9.17, 15) is 9.90 Å². The summed E-state index contributed by atoms with van der Waals surface area (Å²) in [6.07, 6.45) is 0. The zero-order chi connectivity index (χ0) is 16.4. The maximum absolute atomic E-state index is 12.7. The zero-order valence-electron chi connectivity index (χ0n) is 12.6. The Balaban J connectivity index is 1.87. The van der Waals surface area contributed by atoms with E-state index in [2.05, 4.69) is 5.32 Å². The number of carbonyl (C=O) groups excluding carboxylic acids is 1. The van der Waals surface area contributed by atoms with Gasteiger partial charge in [-0.1, -0.05) is 18.2 Å². The molecule has 0 saturated heterocycles. The number of phenolic OH excluding ortho intramolecular Hbond substituents is 1. The van der Waals surface area contributed by atoms with Gasteiger partial charge < -0.3 is 15.2 Å². The van der Waals surface area contributed by atoms with Crippen molar-refractivity contribution in [1.29, 1.82) is 0 Å². The topological polar surface area (TPSA) is 61.8 Å². The third kappa shape index (κ3) is 2.98. The van der Waals surface area contributed by atoms with Gasteiger partial charge in [0.05, 0.1) is 18.7 Å². The van der Waals surface area contributed by atoms with Crippen LogP contribution in [0.4, 0.5) is 5.69 Å². The lowest BCUT2D eigenvalue weighted by atomic mass is 10.1. The number of phenols is 1. The number of anilines is 1. The minimum Gasteiger partial charge on any atom is -0.507 e. The predicted molar refractivity (Wildman–Crippen MR) is 91.8 cm³/mol. The number of fused-ring (bicyclic) bond motifs is 1. The summed E-state index contributed by atoms with van der Waals surface area (Å²) in [5, 5.41) is 13.5. The van der Waals surface area contributed by atoms with Crippen molar-refractivity contribution in [2.24, 2.45) is 0 Å². The van der Waals surface area contributed by atoms with Gasteiger partial charge in [0.1, 0.15) is 11.5 Å². The summed E-state index contributed by atoms with van der Waals surface area (Å²) in [6, 6.07) is 12.3. The van der Waals surface area contributed by atoms with Crippen molar-refractivity contribution >= 4 is 28.9 Å². The summed E-state index contributed by atoms with van der Waals surface area (Å²) in [5.74, 6) is 0.0476. The molecule has 2 aromatic rings. The Hall–Kier alpha value is -2.60. The molecule has 1 aliphatic rings. The van der Waals surface area contributed by atoms with Crippen molar-refractivity contribution in [3.63, 3.8) is 0 Å². The molecule has 6 heteroatoms. The Bertz CT molecular complexity index is 776. The van der Waals surface area contributed by atoms with Crippen LogP contribution in [0.25, 0.3) is 0 Å². The van der Waals surface area contributed by atoms with E-state index >= 15 is 0 Å². The first kappa shape index (κ1) is 15.3. The molecule has 1 aliphatic heterocycles. The van der Waals surface area contributed by atoms with Crippen LogP contribution in [0.5, 0.6) is 11.5 Å². The molecule has 5 nitrogen and oxygen atoms in total. The average molecular weight is 328 g/mol. The van der Waals surface area contributed by atoms with Crippen molar-refractivity contribution in [3.05, 3.63) is 53.6 Å². The predicted octanol–water partition coefficient (Wildman–Crippen LogP) is 3.14. The fourth-order valence-electron chi connectivity index (χ4n) is 2.46. The number of carbonyl (C=O) groups is 1. The van der Waals surface area contributed by atoms with Crippen LogP contribution >= 0.6 is 12.2 Å². The second kappa shape index (κ2) is 6.26. The van der Waals surface area contributed by atoms with E-state index < -0.39 is 0 Å². The molecular weight excluding hydrogens is 312 g/mol. The van der Waals surface area contributed by atoms with Crippen LogP contribution < -0.4 is 10.1 Å². The largest absolute Gasteiger partial charge is 0.507 e. The number of hydrogen-bond acceptors (Lipinski definition) is 4. The zero-order valence-corrected chi connectivity index (χ0v) is 13.4. The molecule has 0 unspecified atom stereocenters. The van der Waals surface area contributed by atoms with Crippen LogP contribution in [-0.4, -0.2) is 27.6 Å². The minimum atomic E-state index is -0.349. The van der Waals surface area contributed by atoms with Gasteiger partial charge in [0.15, 0.2) is 5.11 Å².